The van der Waals surface area contributed by atoms with Crippen molar-refractivity contribution in [2.75, 3.05) is 13.7 Å². The predicted octanol–water partition coefficient (Wildman–Crippen LogP) is 4.65. The molecule has 8 heteroatoms. The lowest BCUT2D eigenvalue weighted by Crippen LogP contribution is -2.29. The smallest absolute Gasteiger partial charge is 0.296 e. The molecule has 1 unspecified atom stereocenters. The van der Waals surface area contributed by atoms with Gasteiger partial charge < -0.3 is 29.0 Å². The van der Waals surface area contributed by atoms with Gasteiger partial charge >= 0.3 is 0 Å². The number of carbonyl (C=O) groups excluding carboxylic acids is 2. The number of aromatic hydroxyl groups is 1. The van der Waals surface area contributed by atoms with Crippen molar-refractivity contribution in [2.24, 2.45) is 5.92 Å². The van der Waals surface area contributed by atoms with Gasteiger partial charge in [-0.1, -0.05) is 32.0 Å². The quantitative estimate of drug-likeness (QED) is 0.276. The number of Topliss-reactive ketones (excluding diaryl/α,β-unsaturated/α-hetero) is 1. The number of aliphatic hydroxyl groups excluding tert-OH is 1. The van der Waals surface area contributed by atoms with Gasteiger partial charge in [-0.3, -0.25) is 9.59 Å². The second-order valence-corrected chi connectivity index (χ2v) is 8.67. The lowest BCUT2D eigenvalue weighted by atomic mass is 9.95. The first-order valence-corrected chi connectivity index (χ1v) is 11.2. The van der Waals surface area contributed by atoms with E-state index in [9.17, 15) is 19.8 Å². The van der Waals surface area contributed by atoms with Crippen LogP contribution in [0.3, 0.4) is 0 Å². The number of phenols is 1. The Kier molecular flexibility index (Phi) is 6.82. The summed E-state index contributed by atoms with van der Waals surface area (Å²) in [6.45, 7) is 4.54. The highest BCUT2D eigenvalue weighted by Gasteiger charge is 2.46. The van der Waals surface area contributed by atoms with Gasteiger partial charge in [-0.2, -0.15) is 0 Å². The molecular weight excluding hydrogens is 450 g/mol. The van der Waals surface area contributed by atoms with Crippen LogP contribution in [0.2, 0.25) is 0 Å². The first-order valence-electron chi connectivity index (χ1n) is 11.2. The van der Waals surface area contributed by atoms with E-state index in [2.05, 4.69) is 0 Å². The summed E-state index contributed by atoms with van der Waals surface area (Å²) in [6.07, 6.45) is 1.47. The Morgan fingerprint density at radius 3 is 2.57 bits per heavy atom. The highest BCUT2D eigenvalue weighted by atomic mass is 16.5. The normalized spacial score (nSPS) is 17.3. The fraction of sp³-hybridized carbons (Fsp3) is 0.259. The van der Waals surface area contributed by atoms with Gasteiger partial charge in [0.2, 0.25) is 0 Å². The number of hydrogen-bond acceptors (Lipinski definition) is 7. The van der Waals surface area contributed by atoms with E-state index in [4.69, 9.17) is 13.9 Å². The summed E-state index contributed by atoms with van der Waals surface area (Å²) >= 11 is 0. The molecule has 0 spiro atoms. The number of nitrogens with zero attached hydrogens (tertiary/aromatic N) is 1. The van der Waals surface area contributed by atoms with Crippen molar-refractivity contribution in [3.8, 4) is 17.2 Å². The molecule has 0 radical (unpaired) electrons. The summed E-state index contributed by atoms with van der Waals surface area (Å²) in [6, 6.07) is 13.7. The molecule has 1 atom stereocenters. The molecular formula is C27H27NO7. The molecule has 1 amide bonds. The minimum atomic E-state index is -0.961. The second kappa shape index (κ2) is 9.97. The van der Waals surface area contributed by atoms with Crippen LogP contribution in [0.4, 0.5) is 0 Å². The number of methoxy groups -OCH3 is 1. The van der Waals surface area contributed by atoms with E-state index in [1.165, 1.54) is 30.4 Å². The minimum Gasteiger partial charge on any atom is -0.507 e. The number of phenolic OH excluding ortho intramolecular Hbond substituents is 1. The third-order valence-corrected chi connectivity index (χ3v) is 5.66. The summed E-state index contributed by atoms with van der Waals surface area (Å²) in [5.41, 5.74) is 0.680. The molecule has 1 fully saturated rings. The van der Waals surface area contributed by atoms with Gasteiger partial charge in [-0.25, -0.2) is 0 Å². The van der Waals surface area contributed by atoms with Gasteiger partial charge in [0.15, 0.2) is 11.5 Å². The number of benzene rings is 2. The third-order valence-electron chi connectivity index (χ3n) is 5.66. The van der Waals surface area contributed by atoms with Crippen molar-refractivity contribution in [3.05, 3.63) is 83.3 Å². The maximum absolute atomic E-state index is 13.2. The van der Waals surface area contributed by atoms with E-state index in [1.54, 1.807) is 42.5 Å². The molecule has 4 rings (SSSR count). The Hall–Kier alpha value is -4.20. The molecule has 1 saturated heterocycles. The number of hydrogen-bond donors (Lipinski definition) is 2. The maximum Gasteiger partial charge on any atom is 0.296 e. The molecule has 2 aromatic carbocycles. The minimum absolute atomic E-state index is 0.00332. The number of likely N-dealkylation sites (tertiary alicyclic amines) is 1. The van der Waals surface area contributed by atoms with E-state index < -0.39 is 17.7 Å². The number of carbonyl (C=O) groups is 2. The van der Waals surface area contributed by atoms with Gasteiger partial charge in [0, 0.05) is 5.56 Å². The Morgan fingerprint density at radius 1 is 1.11 bits per heavy atom. The number of ketones is 1. The lowest BCUT2D eigenvalue weighted by Gasteiger charge is -2.25. The summed E-state index contributed by atoms with van der Waals surface area (Å²) in [5, 5.41) is 21.7. The zero-order valence-corrected chi connectivity index (χ0v) is 19.7. The maximum atomic E-state index is 13.2. The van der Waals surface area contributed by atoms with E-state index >= 15 is 0 Å². The van der Waals surface area contributed by atoms with Crippen LogP contribution in [0, 0.1) is 5.92 Å². The molecule has 1 aliphatic heterocycles. The van der Waals surface area contributed by atoms with Crippen molar-refractivity contribution < 1.29 is 33.7 Å². The highest BCUT2D eigenvalue weighted by Crippen LogP contribution is 2.42. The first-order chi connectivity index (χ1) is 16.8. The van der Waals surface area contributed by atoms with Gasteiger partial charge in [0.1, 0.15) is 17.3 Å². The molecule has 1 aliphatic rings. The van der Waals surface area contributed by atoms with Crippen LogP contribution in [0.1, 0.15) is 36.8 Å². The largest absolute Gasteiger partial charge is 0.507 e. The molecule has 8 nitrogen and oxygen atoms in total. The molecule has 2 N–H and O–H groups in total. The number of furan rings is 1. The van der Waals surface area contributed by atoms with Crippen molar-refractivity contribution in [1.29, 1.82) is 0 Å². The topological polar surface area (TPSA) is 109 Å². The Balaban J connectivity index is 1.82. The zero-order chi connectivity index (χ0) is 25.1. The van der Waals surface area contributed by atoms with Gasteiger partial charge in [0.25, 0.3) is 11.7 Å². The molecule has 0 saturated carbocycles. The zero-order valence-electron chi connectivity index (χ0n) is 19.7. The average Bonchev–Trinajstić information content (AvgIpc) is 3.45. The van der Waals surface area contributed by atoms with Crippen LogP contribution < -0.4 is 9.47 Å². The summed E-state index contributed by atoms with van der Waals surface area (Å²) in [5.74, 6) is -0.546. The van der Waals surface area contributed by atoms with Crippen molar-refractivity contribution in [3.63, 3.8) is 0 Å². The number of rotatable bonds is 8. The molecule has 2 heterocycles. The molecule has 0 bridgehead atoms. The van der Waals surface area contributed by atoms with Crippen LogP contribution in [-0.4, -0.2) is 40.5 Å². The molecule has 1 aromatic heterocycles. The van der Waals surface area contributed by atoms with Crippen LogP contribution in [-0.2, 0) is 16.1 Å². The Bertz CT molecular complexity index is 1260. The number of aliphatic hydroxyl groups is 1. The van der Waals surface area contributed by atoms with Crippen LogP contribution >= 0.6 is 0 Å². The molecule has 0 aliphatic carbocycles. The van der Waals surface area contributed by atoms with Gasteiger partial charge in [0.05, 0.1) is 38.1 Å². The SMILES string of the molecule is COc1ccc(C2/C(=C(/O)c3cccc(OCC(C)C)c3)C(=O)C(=O)N2Cc2ccco2)cc1O. The van der Waals surface area contributed by atoms with Crippen LogP contribution in [0.5, 0.6) is 17.2 Å². The Morgan fingerprint density at radius 2 is 1.91 bits per heavy atom. The van der Waals surface area contributed by atoms with E-state index in [0.29, 0.717) is 35.2 Å². The molecule has 182 valence electrons. The van der Waals surface area contributed by atoms with Gasteiger partial charge in [-0.05, 0) is 47.9 Å². The number of ether oxygens (including phenoxy) is 2. The number of amides is 1. The van der Waals surface area contributed by atoms with Crippen molar-refractivity contribution in [2.45, 2.75) is 26.4 Å². The fourth-order valence-electron chi connectivity index (χ4n) is 3.99. The Labute approximate surface area is 203 Å². The van der Waals surface area contributed by atoms with Crippen molar-refractivity contribution in [1.82, 2.24) is 4.90 Å². The monoisotopic (exact) mass is 477 g/mol. The van der Waals surface area contributed by atoms with Crippen molar-refractivity contribution >= 4 is 17.4 Å². The second-order valence-electron chi connectivity index (χ2n) is 8.67. The molecule has 35 heavy (non-hydrogen) atoms. The van der Waals surface area contributed by atoms with E-state index in [1.807, 2.05) is 13.8 Å². The third kappa shape index (κ3) is 4.87. The standard InChI is InChI=1S/C27H27NO7/c1-16(2)15-35-19-7-4-6-18(12-19)25(30)23-24(17-9-10-22(33-3)21(29)13-17)28(27(32)26(23)31)14-20-8-5-11-34-20/h4-13,16,24,29-30H,14-15H2,1-3H3/b25-23-. The van der Waals surface area contributed by atoms with Gasteiger partial charge in [-0.15, -0.1) is 0 Å². The lowest BCUT2D eigenvalue weighted by molar-refractivity contribution is -0.140. The molecule has 3 aromatic rings. The van der Waals surface area contributed by atoms with E-state index in [0.717, 1.165) is 0 Å². The summed E-state index contributed by atoms with van der Waals surface area (Å²) in [7, 11) is 1.42. The summed E-state index contributed by atoms with van der Waals surface area (Å²) in [4.78, 5) is 27.6. The predicted molar refractivity (Wildman–Crippen MR) is 128 cm³/mol. The average molecular weight is 478 g/mol. The van der Waals surface area contributed by atoms with Crippen LogP contribution in [0.15, 0.2) is 70.9 Å². The first kappa shape index (κ1) is 23.9. The highest BCUT2D eigenvalue weighted by molar-refractivity contribution is 6.46. The van der Waals surface area contributed by atoms with E-state index in [-0.39, 0.29) is 29.4 Å². The van der Waals surface area contributed by atoms with Crippen LogP contribution in [0.25, 0.3) is 5.76 Å². The fourth-order valence-corrected chi connectivity index (χ4v) is 3.99. The summed E-state index contributed by atoms with van der Waals surface area (Å²) < 4.78 is 16.3.